The number of rotatable bonds is 3. The van der Waals surface area contributed by atoms with Crippen LogP contribution in [-0.2, 0) is 11.3 Å². The molecule has 5 nitrogen and oxygen atoms in total. The van der Waals surface area contributed by atoms with Gasteiger partial charge in [0.2, 0.25) is 5.91 Å². The topological polar surface area (TPSA) is 61.9 Å². The maximum atomic E-state index is 11.8. The van der Waals surface area contributed by atoms with Crippen LogP contribution >= 0.6 is 0 Å². The molecule has 0 saturated carbocycles. The fourth-order valence-corrected chi connectivity index (χ4v) is 3.05. The molecule has 1 saturated heterocycles. The number of hydrogen-bond acceptors (Lipinski definition) is 3. The molecule has 0 bridgehead atoms. The zero-order chi connectivity index (χ0) is 14.7. The van der Waals surface area contributed by atoms with Gasteiger partial charge in [0, 0.05) is 19.6 Å². The number of benzene rings is 1. The lowest BCUT2D eigenvalue weighted by Crippen LogP contribution is -2.40. The van der Waals surface area contributed by atoms with E-state index in [9.17, 15) is 4.79 Å². The predicted octanol–water partition coefficient (Wildman–Crippen LogP) is 2.19. The molecular formula is C16H18N4O. The Kier molecular flexibility index (Phi) is 3.87. The van der Waals surface area contributed by atoms with Gasteiger partial charge in [-0.15, -0.1) is 0 Å². The molecule has 0 spiro atoms. The van der Waals surface area contributed by atoms with Gasteiger partial charge in [-0.3, -0.25) is 4.79 Å². The quantitative estimate of drug-likeness (QED) is 0.867. The number of aromatic nitrogens is 2. The van der Waals surface area contributed by atoms with E-state index in [1.807, 2.05) is 35.5 Å². The molecule has 0 radical (unpaired) electrons. The number of fused-ring (bicyclic) bond motifs is 1. The van der Waals surface area contributed by atoms with Crippen molar-refractivity contribution in [3.8, 4) is 6.07 Å². The maximum Gasteiger partial charge on any atom is 0.236 e. The van der Waals surface area contributed by atoms with Crippen molar-refractivity contribution in [2.45, 2.75) is 25.8 Å². The summed E-state index contributed by atoms with van der Waals surface area (Å²) in [7, 11) is 0. The largest absolute Gasteiger partial charge is 0.341 e. The molecule has 1 aliphatic rings. The number of imidazole rings is 1. The average Bonchev–Trinajstić information content (AvgIpc) is 2.91. The Hall–Kier alpha value is -2.35. The summed E-state index contributed by atoms with van der Waals surface area (Å²) in [5.74, 6) is 0.386. The van der Waals surface area contributed by atoms with Crippen LogP contribution in [0.15, 0.2) is 30.6 Å². The Labute approximate surface area is 123 Å². The summed E-state index contributed by atoms with van der Waals surface area (Å²) in [6.45, 7) is 2.39. The first-order valence-corrected chi connectivity index (χ1v) is 7.32. The molecule has 3 rings (SSSR count). The van der Waals surface area contributed by atoms with E-state index in [4.69, 9.17) is 5.26 Å². The molecule has 1 unspecified atom stereocenters. The Bertz CT molecular complexity index is 685. The molecule has 1 aliphatic heterocycles. The number of para-hydroxylation sites is 2. The van der Waals surface area contributed by atoms with Gasteiger partial charge in [-0.05, 0) is 30.9 Å². The SMILES string of the molecule is N#CCC(=O)N1CCCC(Cn2cnc3ccccc32)C1. The van der Waals surface area contributed by atoms with Crippen molar-refractivity contribution in [3.63, 3.8) is 0 Å². The molecule has 0 N–H and O–H groups in total. The van der Waals surface area contributed by atoms with Gasteiger partial charge in [-0.2, -0.15) is 5.26 Å². The number of piperidine rings is 1. The van der Waals surface area contributed by atoms with Crippen LogP contribution in [0, 0.1) is 17.2 Å². The van der Waals surface area contributed by atoms with Crippen LogP contribution < -0.4 is 0 Å². The number of nitriles is 1. The maximum absolute atomic E-state index is 11.8. The Morgan fingerprint density at radius 3 is 3.14 bits per heavy atom. The van der Waals surface area contributed by atoms with Crippen molar-refractivity contribution < 1.29 is 4.79 Å². The van der Waals surface area contributed by atoms with Gasteiger partial charge in [0.25, 0.3) is 0 Å². The molecule has 108 valence electrons. The normalized spacial score (nSPS) is 18.6. The summed E-state index contributed by atoms with van der Waals surface area (Å²) < 4.78 is 2.16. The molecule has 1 amide bonds. The van der Waals surface area contributed by atoms with Gasteiger partial charge < -0.3 is 9.47 Å². The smallest absolute Gasteiger partial charge is 0.236 e. The van der Waals surface area contributed by atoms with Crippen LogP contribution in [0.5, 0.6) is 0 Å². The summed E-state index contributed by atoms with van der Waals surface area (Å²) in [5.41, 5.74) is 2.14. The first-order valence-electron chi connectivity index (χ1n) is 7.32. The molecule has 1 aromatic carbocycles. The number of carbonyl (C=O) groups is 1. The van der Waals surface area contributed by atoms with Gasteiger partial charge in [0.05, 0.1) is 23.4 Å². The number of amides is 1. The molecule has 0 aliphatic carbocycles. The monoisotopic (exact) mass is 282 g/mol. The van der Waals surface area contributed by atoms with Crippen molar-refractivity contribution in [2.24, 2.45) is 5.92 Å². The number of nitrogens with zero attached hydrogens (tertiary/aromatic N) is 4. The highest BCUT2D eigenvalue weighted by molar-refractivity contribution is 5.78. The Morgan fingerprint density at radius 2 is 2.29 bits per heavy atom. The van der Waals surface area contributed by atoms with E-state index in [1.165, 1.54) is 0 Å². The average molecular weight is 282 g/mol. The van der Waals surface area contributed by atoms with E-state index >= 15 is 0 Å². The van der Waals surface area contributed by atoms with E-state index in [2.05, 4.69) is 15.6 Å². The summed E-state index contributed by atoms with van der Waals surface area (Å²) in [4.78, 5) is 18.1. The number of likely N-dealkylation sites (tertiary alicyclic amines) is 1. The first kappa shape index (κ1) is 13.6. The van der Waals surface area contributed by atoms with Gasteiger partial charge in [-0.25, -0.2) is 4.98 Å². The minimum absolute atomic E-state index is 0.0132. The second-order valence-corrected chi connectivity index (χ2v) is 5.57. The number of carbonyl (C=O) groups excluding carboxylic acids is 1. The van der Waals surface area contributed by atoms with Crippen LogP contribution in [0.3, 0.4) is 0 Å². The van der Waals surface area contributed by atoms with Crippen molar-refractivity contribution in [2.75, 3.05) is 13.1 Å². The predicted molar refractivity (Wildman–Crippen MR) is 79.3 cm³/mol. The van der Waals surface area contributed by atoms with Crippen molar-refractivity contribution in [1.29, 1.82) is 5.26 Å². The molecule has 5 heteroatoms. The van der Waals surface area contributed by atoms with Gasteiger partial charge in [0.1, 0.15) is 6.42 Å². The molecule has 2 aromatic rings. The van der Waals surface area contributed by atoms with Crippen LogP contribution in [0.2, 0.25) is 0 Å². The lowest BCUT2D eigenvalue weighted by atomic mass is 9.97. The molecule has 1 fully saturated rings. The Balaban J connectivity index is 1.70. The van der Waals surface area contributed by atoms with Crippen molar-refractivity contribution in [3.05, 3.63) is 30.6 Å². The minimum atomic E-state index is -0.0438. The molecule has 2 heterocycles. The third kappa shape index (κ3) is 2.89. The second-order valence-electron chi connectivity index (χ2n) is 5.57. The highest BCUT2D eigenvalue weighted by atomic mass is 16.2. The van der Waals surface area contributed by atoms with E-state index in [1.54, 1.807) is 0 Å². The van der Waals surface area contributed by atoms with E-state index in [0.717, 1.165) is 43.5 Å². The lowest BCUT2D eigenvalue weighted by molar-refractivity contribution is -0.132. The number of hydrogen-bond donors (Lipinski definition) is 0. The molecule has 1 atom stereocenters. The van der Waals surface area contributed by atoms with E-state index < -0.39 is 0 Å². The fourth-order valence-electron chi connectivity index (χ4n) is 3.05. The summed E-state index contributed by atoms with van der Waals surface area (Å²) in [6, 6.07) is 10.0. The molecule has 1 aromatic heterocycles. The van der Waals surface area contributed by atoms with Crippen molar-refractivity contribution in [1.82, 2.24) is 14.5 Å². The van der Waals surface area contributed by atoms with Crippen LogP contribution in [-0.4, -0.2) is 33.4 Å². The molecular weight excluding hydrogens is 264 g/mol. The van der Waals surface area contributed by atoms with Gasteiger partial charge >= 0.3 is 0 Å². The fraction of sp³-hybridized carbons (Fsp3) is 0.438. The van der Waals surface area contributed by atoms with Crippen molar-refractivity contribution >= 4 is 16.9 Å². The van der Waals surface area contributed by atoms with Crippen LogP contribution in [0.1, 0.15) is 19.3 Å². The van der Waals surface area contributed by atoms with E-state index in [-0.39, 0.29) is 12.3 Å². The van der Waals surface area contributed by atoms with E-state index in [0.29, 0.717) is 5.92 Å². The third-order valence-electron chi connectivity index (χ3n) is 4.08. The molecule has 21 heavy (non-hydrogen) atoms. The third-order valence-corrected chi connectivity index (χ3v) is 4.08. The second kappa shape index (κ2) is 5.96. The Morgan fingerprint density at radius 1 is 1.43 bits per heavy atom. The zero-order valence-corrected chi connectivity index (χ0v) is 11.9. The zero-order valence-electron chi connectivity index (χ0n) is 11.9. The van der Waals surface area contributed by atoms with Gasteiger partial charge in [-0.1, -0.05) is 12.1 Å². The highest BCUT2D eigenvalue weighted by Crippen LogP contribution is 2.21. The summed E-state index contributed by atoms with van der Waals surface area (Å²) in [6.07, 6.45) is 3.98. The minimum Gasteiger partial charge on any atom is -0.341 e. The standard InChI is InChI=1S/C16H18N4O/c17-8-7-16(21)19-9-3-4-13(10-19)11-20-12-18-14-5-1-2-6-15(14)20/h1-2,5-6,12-13H,3-4,7,9-11H2. The van der Waals surface area contributed by atoms with Gasteiger partial charge in [0.15, 0.2) is 0 Å². The summed E-state index contributed by atoms with van der Waals surface area (Å²) >= 11 is 0. The first-order chi connectivity index (χ1) is 10.3. The summed E-state index contributed by atoms with van der Waals surface area (Å²) in [5, 5.41) is 8.65. The van der Waals surface area contributed by atoms with Crippen LogP contribution in [0.4, 0.5) is 0 Å². The highest BCUT2D eigenvalue weighted by Gasteiger charge is 2.23. The van der Waals surface area contributed by atoms with Crippen LogP contribution in [0.25, 0.3) is 11.0 Å². The lowest BCUT2D eigenvalue weighted by Gasteiger charge is -2.32.